The number of nitrogens with one attached hydrogen (secondary N) is 1. The van der Waals surface area contributed by atoms with E-state index in [1.54, 1.807) is 19.2 Å². The van der Waals surface area contributed by atoms with Gasteiger partial charge >= 0.3 is 0 Å². The lowest BCUT2D eigenvalue weighted by atomic mass is 9.99. The molecule has 2 fully saturated rings. The van der Waals surface area contributed by atoms with Gasteiger partial charge in [0.05, 0.1) is 24.6 Å². The molecule has 1 saturated heterocycles. The molecule has 3 heterocycles. The van der Waals surface area contributed by atoms with E-state index in [0.29, 0.717) is 29.8 Å². The van der Waals surface area contributed by atoms with Crippen LogP contribution in [0.2, 0.25) is 5.15 Å². The number of rotatable bonds is 6. The Morgan fingerprint density at radius 2 is 1.95 bits per heavy atom. The molecule has 1 saturated carbocycles. The molecule has 0 atom stereocenters. The Labute approximate surface area is 222 Å². The van der Waals surface area contributed by atoms with E-state index in [-0.39, 0.29) is 11.2 Å². The Morgan fingerprint density at radius 1 is 1.19 bits per heavy atom. The number of aryl methyl sites for hydroxylation is 1. The third kappa shape index (κ3) is 5.34. The van der Waals surface area contributed by atoms with E-state index >= 15 is 4.39 Å². The van der Waals surface area contributed by atoms with Crippen molar-refractivity contribution in [3.8, 4) is 23.0 Å². The molecule has 1 aliphatic carbocycles. The Balaban J connectivity index is 1.48. The molecule has 1 aliphatic heterocycles. The maximum Gasteiger partial charge on any atom is 0.146 e. The maximum atomic E-state index is 15.1. The van der Waals surface area contributed by atoms with Gasteiger partial charge in [0.15, 0.2) is 0 Å². The van der Waals surface area contributed by atoms with Gasteiger partial charge in [0.1, 0.15) is 16.7 Å². The van der Waals surface area contributed by atoms with E-state index in [9.17, 15) is 0 Å². The predicted octanol–water partition coefficient (Wildman–Crippen LogP) is 6.59. The van der Waals surface area contributed by atoms with E-state index in [4.69, 9.17) is 16.3 Å². The molecule has 5 nitrogen and oxygen atoms in total. The zero-order chi connectivity index (χ0) is 26.2. The first-order valence-electron chi connectivity index (χ1n) is 12.5. The lowest BCUT2D eigenvalue weighted by Gasteiger charge is -2.29. The van der Waals surface area contributed by atoms with Gasteiger partial charge in [0.2, 0.25) is 0 Å². The minimum absolute atomic E-state index is 0.0573. The molecule has 5 rings (SSSR count). The first kappa shape index (κ1) is 25.3. The standard InChI is InChI=1S/C30H30ClFN4O/c1-5-6-25-27(36-9-11-37-12-10-36)14-22(18-33-25)23-17-26(24(32)13-19(23)2)34-20(3)21-15-28(30(4)7-8-30)35-29(31)16-21/h13-18,34H,3,7-12H2,1-2,4H3. The van der Waals surface area contributed by atoms with Crippen molar-refractivity contribution in [1.29, 1.82) is 0 Å². The molecule has 7 heteroatoms. The number of morpholine rings is 1. The molecular weight excluding hydrogens is 487 g/mol. The molecule has 0 bridgehead atoms. The number of pyridine rings is 2. The summed E-state index contributed by atoms with van der Waals surface area (Å²) < 4.78 is 20.6. The SMILES string of the molecule is C=C(Nc1cc(-c2cnc(C#CC)c(N3CCOCC3)c2)c(C)cc1F)c1cc(Cl)nc(C2(C)CC2)c1. The summed E-state index contributed by atoms with van der Waals surface area (Å²) in [5.74, 6) is 5.71. The predicted molar refractivity (Wildman–Crippen MR) is 148 cm³/mol. The van der Waals surface area contributed by atoms with Gasteiger partial charge in [0.25, 0.3) is 0 Å². The number of ether oxygens (including phenoxy) is 1. The highest BCUT2D eigenvalue weighted by Gasteiger charge is 2.40. The van der Waals surface area contributed by atoms with Gasteiger partial charge in [-0.3, -0.25) is 0 Å². The van der Waals surface area contributed by atoms with Crippen molar-refractivity contribution in [1.82, 2.24) is 9.97 Å². The van der Waals surface area contributed by atoms with Crippen molar-refractivity contribution >= 4 is 28.7 Å². The van der Waals surface area contributed by atoms with Crippen LogP contribution in [-0.2, 0) is 10.2 Å². The highest BCUT2D eigenvalue weighted by atomic mass is 35.5. The number of hydrogen-bond donors (Lipinski definition) is 1. The van der Waals surface area contributed by atoms with Gasteiger partial charge in [-0.05, 0) is 74.1 Å². The minimum atomic E-state index is -0.355. The van der Waals surface area contributed by atoms with Gasteiger partial charge in [-0.2, -0.15) is 0 Å². The van der Waals surface area contributed by atoms with Gasteiger partial charge in [-0.15, -0.1) is 0 Å². The Bertz CT molecular complexity index is 1430. The second kappa shape index (κ2) is 10.2. The number of benzene rings is 1. The van der Waals surface area contributed by atoms with Gasteiger partial charge in [0, 0.05) is 47.2 Å². The van der Waals surface area contributed by atoms with Crippen molar-refractivity contribution in [2.45, 2.75) is 39.0 Å². The van der Waals surface area contributed by atoms with Crippen molar-refractivity contribution in [3.63, 3.8) is 0 Å². The van der Waals surface area contributed by atoms with Crippen LogP contribution in [0.1, 0.15) is 49.2 Å². The van der Waals surface area contributed by atoms with Crippen LogP contribution in [0, 0.1) is 24.6 Å². The minimum Gasteiger partial charge on any atom is -0.378 e. The molecule has 3 aromatic rings. The molecule has 0 amide bonds. The quantitative estimate of drug-likeness (QED) is 0.296. The fourth-order valence-electron chi connectivity index (χ4n) is 4.60. The summed E-state index contributed by atoms with van der Waals surface area (Å²) in [6.45, 7) is 12.9. The first-order valence-corrected chi connectivity index (χ1v) is 12.9. The third-order valence-electron chi connectivity index (χ3n) is 7.13. The lowest BCUT2D eigenvalue weighted by molar-refractivity contribution is 0.122. The Kier molecular flexibility index (Phi) is 6.94. The third-order valence-corrected chi connectivity index (χ3v) is 7.33. The Morgan fingerprint density at radius 3 is 2.65 bits per heavy atom. The number of hydrogen-bond acceptors (Lipinski definition) is 5. The van der Waals surface area contributed by atoms with Crippen LogP contribution in [0.5, 0.6) is 0 Å². The van der Waals surface area contributed by atoms with Crippen LogP contribution < -0.4 is 10.2 Å². The number of aromatic nitrogens is 2. The zero-order valence-corrected chi connectivity index (χ0v) is 22.2. The van der Waals surface area contributed by atoms with Crippen molar-refractivity contribution < 1.29 is 9.13 Å². The highest BCUT2D eigenvalue weighted by Crippen LogP contribution is 2.47. The van der Waals surface area contributed by atoms with Gasteiger partial charge in [-0.1, -0.05) is 31.0 Å². The van der Waals surface area contributed by atoms with Crippen LogP contribution in [0.4, 0.5) is 15.8 Å². The average molecular weight is 517 g/mol. The molecule has 2 aliphatic rings. The maximum absolute atomic E-state index is 15.1. The normalized spacial score (nSPS) is 16.1. The molecule has 190 valence electrons. The Hall–Kier alpha value is -3.40. The van der Waals surface area contributed by atoms with Gasteiger partial charge in [-0.25, -0.2) is 14.4 Å². The highest BCUT2D eigenvalue weighted by molar-refractivity contribution is 6.29. The topological polar surface area (TPSA) is 50.3 Å². The fourth-order valence-corrected chi connectivity index (χ4v) is 4.81. The second-order valence-corrected chi connectivity index (χ2v) is 10.3. The number of nitrogens with zero attached hydrogens (tertiary/aromatic N) is 3. The van der Waals surface area contributed by atoms with E-state index in [0.717, 1.165) is 65.3 Å². The van der Waals surface area contributed by atoms with Crippen molar-refractivity contribution in [3.05, 3.63) is 76.6 Å². The summed E-state index contributed by atoms with van der Waals surface area (Å²) in [4.78, 5) is 11.4. The largest absolute Gasteiger partial charge is 0.378 e. The van der Waals surface area contributed by atoms with Crippen LogP contribution in [-0.4, -0.2) is 36.3 Å². The first-order chi connectivity index (χ1) is 17.8. The smallest absolute Gasteiger partial charge is 0.146 e. The summed E-state index contributed by atoms with van der Waals surface area (Å²) in [6.07, 6.45) is 3.96. The molecule has 0 unspecified atom stereocenters. The molecule has 1 aromatic carbocycles. The fraction of sp³-hybridized carbons (Fsp3) is 0.333. The van der Waals surface area contributed by atoms with E-state index in [2.05, 4.69) is 51.6 Å². The van der Waals surface area contributed by atoms with Crippen LogP contribution in [0.3, 0.4) is 0 Å². The molecule has 1 N–H and O–H groups in total. The van der Waals surface area contributed by atoms with Gasteiger partial charge < -0.3 is 15.0 Å². The van der Waals surface area contributed by atoms with E-state index in [1.165, 1.54) is 6.07 Å². The molecule has 0 spiro atoms. The molecule has 37 heavy (non-hydrogen) atoms. The summed E-state index contributed by atoms with van der Waals surface area (Å²) in [6, 6.07) is 9.18. The summed E-state index contributed by atoms with van der Waals surface area (Å²) in [5.41, 5.74) is 6.98. The van der Waals surface area contributed by atoms with Crippen molar-refractivity contribution in [2.75, 3.05) is 36.5 Å². The molecular formula is C30H30ClFN4O. The van der Waals surface area contributed by atoms with Crippen LogP contribution >= 0.6 is 11.6 Å². The number of halogens is 2. The average Bonchev–Trinajstić information content (AvgIpc) is 3.65. The van der Waals surface area contributed by atoms with E-state index < -0.39 is 0 Å². The van der Waals surface area contributed by atoms with Crippen molar-refractivity contribution in [2.24, 2.45) is 0 Å². The van der Waals surface area contributed by atoms with E-state index in [1.807, 2.05) is 19.1 Å². The van der Waals surface area contributed by atoms with Crippen LogP contribution in [0.15, 0.2) is 43.1 Å². The molecule has 2 aromatic heterocycles. The lowest BCUT2D eigenvalue weighted by Crippen LogP contribution is -2.36. The summed E-state index contributed by atoms with van der Waals surface area (Å²) >= 11 is 6.32. The monoisotopic (exact) mass is 516 g/mol. The second-order valence-electron chi connectivity index (χ2n) is 9.94. The number of anilines is 2. The summed E-state index contributed by atoms with van der Waals surface area (Å²) in [7, 11) is 0. The van der Waals surface area contributed by atoms with Crippen LogP contribution in [0.25, 0.3) is 16.8 Å². The molecule has 0 radical (unpaired) electrons. The zero-order valence-electron chi connectivity index (χ0n) is 21.4. The summed E-state index contributed by atoms with van der Waals surface area (Å²) in [5, 5.41) is 3.58.